The van der Waals surface area contributed by atoms with Gasteiger partial charge in [-0.1, -0.05) is 6.07 Å². The number of carbonyl (C=O) groups is 1. The summed E-state index contributed by atoms with van der Waals surface area (Å²) in [5.41, 5.74) is 0.989. The largest absolute Gasteiger partial charge is 0.340 e. The number of para-hydroxylation sites is 1. The van der Waals surface area contributed by atoms with Crippen molar-refractivity contribution in [3.05, 3.63) is 29.6 Å². The first-order valence-electron chi connectivity index (χ1n) is 6.88. The van der Waals surface area contributed by atoms with Crippen molar-refractivity contribution in [2.45, 2.75) is 25.3 Å². The second-order valence-electron chi connectivity index (χ2n) is 5.63. The van der Waals surface area contributed by atoms with Crippen molar-refractivity contribution in [2.75, 3.05) is 6.54 Å². The summed E-state index contributed by atoms with van der Waals surface area (Å²) in [6, 6.07) is 4.96. The van der Waals surface area contributed by atoms with Gasteiger partial charge in [0.15, 0.2) is 0 Å². The molecule has 0 saturated carbocycles. The molecule has 0 radical (unpaired) electrons. The molecule has 1 saturated heterocycles. The van der Waals surface area contributed by atoms with E-state index in [4.69, 9.17) is 5.14 Å². The zero-order valence-electron chi connectivity index (χ0n) is 12.0. The molecular weight excluding hydrogens is 306 g/mol. The standard InChI is InChI=1S/C13H17N5O3S/c1-13(6-3-7-15-13)12-16-9-5-2-4-8(10(9)17-12)11(19)18-22(14,20)21/h2,4-5,15H,3,6-7H2,1H3,(H,16,17)(H,18,19)(H2,14,20,21)/t13-/m1/s1. The normalized spacial score (nSPS) is 22.1. The van der Waals surface area contributed by atoms with E-state index in [-0.39, 0.29) is 11.1 Å². The molecule has 1 aliphatic rings. The number of hydrogen-bond acceptors (Lipinski definition) is 5. The summed E-state index contributed by atoms with van der Waals surface area (Å²) < 4.78 is 23.8. The van der Waals surface area contributed by atoms with Crippen molar-refractivity contribution in [1.29, 1.82) is 0 Å². The summed E-state index contributed by atoms with van der Waals surface area (Å²) in [4.78, 5) is 19.7. The Morgan fingerprint density at radius 2 is 2.23 bits per heavy atom. The van der Waals surface area contributed by atoms with E-state index in [0.717, 1.165) is 25.2 Å². The van der Waals surface area contributed by atoms with E-state index in [9.17, 15) is 13.2 Å². The Morgan fingerprint density at radius 3 is 2.86 bits per heavy atom. The van der Waals surface area contributed by atoms with Crippen LogP contribution in [0.1, 0.15) is 35.9 Å². The summed E-state index contributed by atoms with van der Waals surface area (Å²) in [5.74, 6) is -0.0634. The Bertz CT molecular complexity index is 836. The fourth-order valence-corrected chi connectivity index (χ4v) is 3.13. The highest BCUT2D eigenvalue weighted by Gasteiger charge is 2.33. The number of nitrogens with zero attached hydrogens (tertiary/aromatic N) is 1. The van der Waals surface area contributed by atoms with Crippen LogP contribution < -0.4 is 15.2 Å². The van der Waals surface area contributed by atoms with Gasteiger partial charge in [-0.2, -0.15) is 8.42 Å². The monoisotopic (exact) mass is 323 g/mol. The first-order chi connectivity index (χ1) is 10.3. The fourth-order valence-electron chi connectivity index (χ4n) is 2.76. The average Bonchev–Trinajstić information content (AvgIpc) is 3.02. The van der Waals surface area contributed by atoms with E-state index >= 15 is 0 Å². The molecule has 22 heavy (non-hydrogen) atoms. The molecule has 8 nitrogen and oxygen atoms in total. The topological polar surface area (TPSA) is 130 Å². The number of imidazole rings is 1. The van der Waals surface area contributed by atoms with Crippen LogP contribution in [0.3, 0.4) is 0 Å². The molecule has 2 heterocycles. The number of H-pyrrole nitrogens is 1. The number of fused-ring (bicyclic) bond motifs is 1. The second kappa shape index (κ2) is 5.04. The maximum Gasteiger partial charge on any atom is 0.298 e. The van der Waals surface area contributed by atoms with Gasteiger partial charge in [0.2, 0.25) is 0 Å². The molecule has 0 aliphatic carbocycles. The number of aromatic nitrogens is 2. The molecule has 0 bridgehead atoms. The van der Waals surface area contributed by atoms with Crippen LogP contribution in [0.2, 0.25) is 0 Å². The Balaban J connectivity index is 2.06. The minimum absolute atomic E-state index is 0.163. The summed E-state index contributed by atoms with van der Waals surface area (Å²) in [5, 5.41) is 8.23. The van der Waals surface area contributed by atoms with Crippen molar-refractivity contribution in [3.8, 4) is 0 Å². The highest BCUT2D eigenvalue weighted by molar-refractivity contribution is 7.87. The molecule has 5 N–H and O–H groups in total. The quantitative estimate of drug-likeness (QED) is 0.636. The van der Waals surface area contributed by atoms with Gasteiger partial charge >= 0.3 is 0 Å². The zero-order chi connectivity index (χ0) is 16.0. The molecule has 1 aromatic carbocycles. The lowest BCUT2D eigenvalue weighted by molar-refractivity contribution is 0.0983. The van der Waals surface area contributed by atoms with Crippen LogP contribution in [0.25, 0.3) is 11.0 Å². The van der Waals surface area contributed by atoms with Crippen molar-refractivity contribution in [2.24, 2.45) is 5.14 Å². The fraction of sp³-hybridized carbons (Fsp3) is 0.385. The number of hydrogen-bond donors (Lipinski definition) is 4. The van der Waals surface area contributed by atoms with Gasteiger partial charge in [-0.05, 0) is 38.4 Å². The molecule has 9 heteroatoms. The van der Waals surface area contributed by atoms with Crippen LogP contribution >= 0.6 is 0 Å². The Labute approximate surface area is 127 Å². The van der Waals surface area contributed by atoms with Gasteiger partial charge in [0.1, 0.15) is 11.3 Å². The van der Waals surface area contributed by atoms with E-state index in [2.05, 4.69) is 15.3 Å². The molecule has 118 valence electrons. The third-order valence-corrected chi connectivity index (χ3v) is 4.35. The van der Waals surface area contributed by atoms with Gasteiger partial charge in [-0.25, -0.2) is 14.8 Å². The number of amides is 1. The number of nitrogens with two attached hydrogens (primary N) is 1. The lowest BCUT2D eigenvalue weighted by atomic mass is 10.00. The van der Waals surface area contributed by atoms with Crippen LogP contribution in [0.4, 0.5) is 0 Å². The minimum atomic E-state index is -4.11. The van der Waals surface area contributed by atoms with Crippen molar-refractivity contribution in [3.63, 3.8) is 0 Å². The Kier molecular flexibility index (Phi) is 3.42. The van der Waals surface area contributed by atoms with E-state index < -0.39 is 16.1 Å². The molecule has 0 spiro atoms. The van der Waals surface area contributed by atoms with Gasteiger partial charge < -0.3 is 10.3 Å². The number of carbonyl (C=O) groups excluding carboxylic acids is 1. The Hall–Kier alpha value is -1.97. The van der Waals surface area contributed by atoms with Crippen LogP contribution in [-0.4, -0.2) is 30.8 Å². The summed E-state index contributed by atoms with van der Waals surface area (Å²) >= 11 is 0. The van der Waals surface area contributed by atoms with E-state index in [1.807, 2.05) is 6.92 Å². The van der Waals surface area contributed by atoms with Gasteiger partial charge in [0.25, 0.3) is 16.1 Å². The number of nitrogens with one attached hydrogen (secondary N) is 3. The second-order valence-corrected chi connectivity index (χ2v) is 6.92. The molecule has 1 atom stereocenters. The van der Waals surface area contributed by atoms with E-state index in [1.165, 1.54) is 6.07 Å². The van der Waals surface area contributed by atoms with E-state index in [1.54, 1.807) is 16.9 Å². The van der Waals surface area contributed by atoms with Crippen LogP contribution in [0, 0.1) is 0 Å². The number of aromatic amines is 1. The average molecular weight is 323 g/mol. The minimum Gasteiger partial charge on any atom is -0.340 e. The highest BCUT2D eigenvalue weighted by atomic mass is 32.2. The van der Waals surface area contributed by atoms with Gasteiger partial charge in [0.05, 0.1) is 16.6 Å². The maximum atomic E-state index is 12.0. The molecule has 1 amide bonds. The third-order valence-electron chi connectivity index (χ3n) is 3.88. The molecule has 3 rings (SSSR count). The third kappa shape index (κ3) is 2.70. The summed E-state index contributed by atoms with van der Waals surface area (Å²) in [6.07, 6.45) is 1.98. The lowest BCUT2D eigenvalue weighted by Gasteiger charge is -2.21. The highest BCUT2D eigenvalue weighted by Crippen LogP contribution is 2.30. The van der Waals surface area contributed by atoms with Crippen molar-refractivity contribution < 1.29 is 13.2 Å². The predicted molar refractivity (Wildman–Crippen MR) is 81.3 cm³/mol. The summed E-state index contributed by atoms with van der Waals surface area (Å²) in [6.45, 7) is 2.95. The van der Waals surface area contributed by atoms with Gasteiger partial charge in [-0.3, -0.25) is 4.79 Å². The SMILES string of the molecule is C[C@]1(c2nc3c(C(=O)NS(N)(=O)=O)cccc3[nH]2)CCCN1. The molecule has 1 aromatic heterocycles. The van der Waals surface area contributed by atoms with Crippen LogP contribution in [0.5, 0.6) is 0 Å². The molecule has 0 unspecified atom stereocenters. The maximum absolute atomic E-state index is 12.0. The smallest absolute Gasteiger partial charge is 0.298 e. The van der Waals surface area contributed by atoms with Crippen LogP contribution in [0.15, 0.2) is 18.2 Å². The lowest BCUT2D eigenvalue weighted by Crippen LogP contribution is -2.36. The molecule has 2 aromatic rings. The molecule has 1 fully saturated rings. The zero-order valence-corrected chi connectivity index (χ0v) is 12.8. The first-order valence-corrected chi connectivity index (χ1v) is 8.42. The van der Waals surface area contributed by atoms with E-state index in [0.29, 0.717) is 11.0 Å². The van der Waals surface area contributed by atoms with Crippen molar-refractivity contribution in [1.82, 2.24) is 20.0 Å². The molecule has 1 aliphatic heterocycles. The number of benzene rings is 1. The summed E-state index contributed by atoms with van der Waals surface area (Å²) in [7, 11) is -4.11. The number of rotatable bonds is 3. The molecular formula is C13H17N5O3S. The Morgan fingerprint density at radius 1 is 1.45 bits per heavy atom. The van der Waals surface area contributed by atoms with Crippen molar-refractivity contribution >= 4 is 27.1 Å². The van der Waals surface area contributed by atoms with Gasteiger partial charge in [0, 0.05) is 0 Å². The van der Waals surface area contributed by atoms with Gasteiger partial charge in [-0.15, -0.1) is 0 Å². The first kappa shape index (κ1) is 14.9. The van der Waals surface area contributed by atoms with Crippen LogP contribution in [-0.2, 0) is 15.7 Å². The predicted octanol–water partition coefficient (Wildman–Crippen LogP) is 0.0948.